The molecule has 76 valence electrons. The van der Waals surface area contributed by atoms with Crippen LogP contribution in [0.5, 0.6) is 0 Å². The average Bonchev–Trinajstić information content (AvgIpc) is 2.11. The molecule has 0 rings (SSSR count). The summed E-state index contributed by atoms with van der Waals surface area (Å²) in [7, 11) is 3.42. The molecule has 2 atom stereocenters. The third kappa shape index (κ3) is 4.08. The monoisotopic (exact) mass is 185 g/mol. The standard InChI is InChI=1S/C10H19NO2/c1-7(8(2)11-4)6-10(13-5)9(3)12/h6-8,11H,1-5H3. The number of carbonyl (C=O) groups excluding carboxylic acids is 1. The van der Waals surface area contributed by atoms with Crippen molar-refractivity contribution in [3.8, 4) is 0 Å². The Kier molecular flexibility index (Phi) is 5.39. The highest BCUT2D eigenvalue weighted by Gasteiger charge is 2.11. The van der Waals surface area contributed by atoms with Gasteiger partial charge in [-0.15, -0.1) is 0 Å². The van der Waals surface area contributed by atoms with E-state index in [1.807, 2.05) is 20.0 Å². The van der Waals surface area contributed by atoms with E-state index >= 15 is 0 Å². The predicted molar refractivity (Wildman–Crippen MR) is 53.5 cm³/mol. The van der Waals surface area contributed by atoms with Gasteiger partial charge in [0, 0.05) is 13.0 Å². The fourth-order valence-electron chi connectivity index (χ4n) is 0.975. The number of rotatable bonds is 5. The first kappa shape index (κ1) is 12.2. The van der Waals surface area contributed by atoms with Crippen LogP contribution in [0, 0.1) is 5.92 Å². The van der Waals surface area contributed by atoms with Crippen LogP contribution in [-0.2, 0) is 9.53 Å². The first-order valence-electron chi connectivity index (χ1n) is 4.47. The summed E-state index contributed by atoms with van der Waals surface area (Å²) < 4.78 is 4.96. The highest BCUT2D eigenvalue weighted by atomic mass is 16.5. The van der Waals surface area contributed by atoms with Crippen molar-refractivity contribution < 1.29 is 9.53 Å². The fraction of sp³-hybridized carbons (Fsp3) is 0.700. The van der Waals surface area contributed by atoms with E-state index in [1.54, 1.807) is 0 Å². The van der Waals surface area contributed by atoms with Gasteiger partial charge in [0.25, 0.3) is 0 Å². The fourth-order valence-corrected chi connectivity index (χ4v) is 0.975. The second-order valence-corrected chi connectivity index (χ2v) is 3.23. The average molecular weight is 185 g/mol. The SMILES string of the molecule is CNC(C)C(C)C=C(OC)C(C)=O. The molecule has 0 aromatic carbocycles. The van der Waals surface area contributed by atoms with Gasteiger partial charge in [-0.05, 0) is 26.0 Å². The highest BCUT2D eigenvalue weighted by molar-refractivity contribution is 5.91. The largest absolute Gasteiger partial charge is 0.493 e. The summed E-state index contributed by atoms with van der Waals surface area (Å²) in [5.41, 5.74) is 0. The quantitative estimate of drug-likeness (QED) is 0.519. The van der Waals surface area contributed by atoms with Crippen molar-refractivity contribution in [3.63, 3.8) is 0 Å². The minimum absolute atomic E-state index is 0.0300. The molecule has 0 spiro atoms. The van der Waals surface area contributed by atoms with Gasteiger partial charge in [0.15, 0.2) is 11.5 Å². The number of Topliss-reactive ketones (excluding diaryl/α,β-unsaturated/α-hetero) is 1. The van der Waals surface area contributed by atoms with Crippen molar-refractivity contribution in [1.82, 2.24) is 5.32 Å². The van der Waals surface area contributed by atoms with E-state index in [1.165, 1.54) is 14.0 Å². The van der Waals surface area contributed by atoms with Crippen LogP contribution in [0.25, 0.3) is 0 Å². The summed E-state index contributed by atoms with van der Waals surface area (Å²) in [6.07, 6.45) is 1.85. The van der Waals surface area contributed by atoms with Gasteiger partial charge in [-0.3, -0.25) is 4.79 Å². The second-order valence-electron chi connectivity index (χ2n) is 3.23. The van der Waals surface area contributed by atoms with Gasteiger partial charge in [-0.25, -0.2) is 0 Å². The first-order valence-corrected chi connectivity index (χ1v) is 4.47. The van der Waals surface area contributed by atoms with Crippen LogP contribution >= 0.6 is 0 Å². The maximum absolute atomic E-state index is 11.0. The number of methoxy groups -OCH3 is 1. The molecule has 0 amide bonds. The molecule has 3 heteroatoms. The summed E-state index contributed by atoms with van der Waals surface area (Å²) >= 11 is 0. The summed E-state index contributed by atoms with van der Waals surface area (Å²) in [4.78, 5) is 11.0. The molecule has 2 unspecified atom stereocenters. The molecular weight excluding hydrogens is 166 g/mol. The number of ether oxygens (including phenoxy) is 1. The van der Waals surface area contributed by atoms with Crippen molar-refractivity contribution in [2.45, 2.75) is 26.8 Å². The van der Waals surface area contributed by atoms with Gasteiger partial charge < -0.3 is 10.1 Å². The van der Waals surface area contributed by atoms with Crippen molar-refractivity contribution in [3.05, 3.63) is 11.8 Å². The molecule has 1 N–H and O–H groups in total. The van der Waals surface area contributed by atoms with Gasteiger partial charge in [-0.1, -0.05) is 6.92 Å². The van der Waals surface area contributed by atoms with E-state index in [0.29, 0.717) is 11.8 Å². The van der Waals surface area contributed by atoms with Crippen LogP contribution in [0.1, 0.15) is 20.8 Å². The predicted octanol–water partition coefficient (Wildman–Crippen LogP) is 1.35. The zero-order valence-corrected chi connectivity index (χ0v) is 9.05. The van der Waals surface area contributed by atoms with Gasteiger partial charge >= 0.3 is 0 Å². The van der Waals surface area contributed by atoms with E-state index in [0.717, 1.165) is 0 Å². The summed E-state index contributed by atoms with van der Waals surface area (Å²) in [5.74, 6) is 0.691. The molecule has 0 aliphatic heterocycles. The van der Waals surface area contributed by atoms with Crippen molar-refractivity contribution in [2.24, 2.45) is 5.92 Å². The van der Waals surface area contributed by atoms with E-state index in [4.69, 9.17) is 4.74 Å². The molecule has 0 aliphatic rings. The molecule has 0 bridgehead atoms. The lowest BCUT2D eigenvalue weighted by Crippen LogP contribution is -2.28. The molecule has 0 aromatic heterocycles. The molecule has 0 heterocycles. The van der Waals surface area contributed by atoms with Crippen molar-refractivity contribution in [2.75, 3.05) is 14.2 Å². The lowest BCUT2D eigenvalue weighted by molar-refractivity contribution is -0.116. The van der Waals surface area contributed by atoms with Gasteiger partial charge in [-0.2, -0.15) is 0 Å². The number of nitrogens with one attached hydrogen (secondary N) is 1. The number of hydrogen-bond acceptors (Lipinski definition) is 3. The zero-order chi connectivity index (χ0) is 10.4. The topological polar surface area (TPSA) is 38.3 Å². The van der Waals surface area contributed by atoms with Crippen LogP contribution < -0.4 is 5.32 Å². The number of ketones is 1. The molecule has 0 aliphatic carbocycles. The zero-order valence-electron chi connectivity index (χ0n) is 9.05. The Morgan fingerprint density at radius 1 is 1.46 bits per heavy atom. The number of hydrogen-bond donors (Lipinski definition) is 1. The van der Waals surface area contributed by atoms with E-state index < -0.39 is 0 Å². The Bertz CT molecular complexity index is 199. The molecule has 0 aromatic rings. The first-order chi connectivity index (χ1) is 6.02. The maximum Gasteiger partial charge on any atom is 0.193 e. The highest BCUT2D eigenvalue weighted by Crippen LogP contribution is 2.08. The van der Waals surface area contributed by atoms with Crippen LogP contribution in [0.3, 0.4) is 0 Å². The van der Waals surface area contributed by atoms with E-state index in [9.17, 15) is 4.79 Å². The molecule has 0 saturated carbocycles. The summed E-state index contributed by atoms with van der Waals surface area (Å²) in [6.45, 7) is 5.61. The Hall–Kier alpha value is -0.830. The Morgan fingerprint density at radius 2 is 2.00 bits per heavy atom. The molecular formula is C10H19NO2. The van der Waals surface area contributed by atoms with E-state index in [-0.39, 0.29) is 11.7 Å². The lowest BCUT2D eigenvalue weighted by atomic mass is 10.0. The Balaban J connectivity index is 4.41. The van der Waals surface area contributed by atoms with Crippen molar-refractivity contribution in [1.29, 1.82) is 0 Å². The molecule has 0 fully saturated rings. The van der Waals surface area contributed by atoms with Gasteiger partial charge in [0.05, 0.1) is 7.11 Å². The molecule has 0 saturated heterocycles. The third-order valence-electron chi connectivity index (χ3n) is 2.23. The van der Waals surface area contributed by atoms with Crippen LogP contribution in [0.2, 0.25) is 0 Å². The van der Waals surface area contributed by atoms with Crippen molar-refractivity contribution >= 4 is 5.78 Å². The number of carbonyl (C=O) groups is 1. The van der Waals surface area contributed by atoms with Gasteiger partial charge in [0.1, 0.15) is 0 Å². The minimum atomic E-state index is -0.0300. The smallest absolute Gasteiger partial charge is 0.193 e. The van der Waals surface area contributed by atoms with Crippen LogP contribution in [0.15, 0.2) is 11.8 Å². The van der Waals surface area contributed by atoms with Crippen LogP contribution in [0.4, 0.5) is 0 Å². The molecule has 13 heavy (non-hydrogen) atoms. The van der Waals surface area contributed by atoms with Crippen LogP contribution in [-0.4, -0.2) is 26.0 Å². The summed E-state index contributed by atoms with van der Waals surface area (Å²) in [5, 5.41) is 3.12. The summed E-state index contributed by atoms with van der Waals surface area (Å²) in [6, 6.07) is 0.337. The minimum Gasteiger partial charge on any atom is -0.493 e. The van der Waals surface area contributed by atoms with Gasteiger partial charge in [0.2, 0.25) is 0 Å². The maximum atomic E-state index is 11.0. The Morgan fingerprint density at radius 3 is 2.31 bits per heavy atom. The second kappa shape index (κ2) is 5.75. The molecule has 0 radical (unpaired) electrons. The third-order valence-corrected chi connectivity index (χ3v) is 2.23. The number of allylic oxidation sites excluding steroid dienone is 1. The normalized spacial score (nSPS) is 16.5. The molecule has 3 nitrogen and oxygen atoms in total. The lowest BCUT2D eigenvalue weighted by Gasteiger charge is -2.16. The van der Waals surface area contributed by atoms with E-state index in [2.05, 4.69) is 12.2 Å². The Labute approximate surface area is 80.2 Å².